The zero-order chi connectivity index (χ0) is 24.9. The number of nitrogens with zero attached hydrogens (tertiary/aromatic N) is 1. The van der Waals surface area contributed by atoms with E-state index in [1.807, 2.05) is 31.2 Å². The highest BCUT2D eigenvalue weighted by Crippen LogP contribution is 2.37. The van der Waals surface area contributed by atoms with Gasteiger partial charge in [-0.3, -0.25) is 4.79 Å². The first-order valence-electron chi connectivity index (χ1n) is 12.9. The second-order valence-corrected chi connectivity index (χ2v) is 9.52. The fourth-order valence-electron chi connectivity index (χ4n) is 4.76. The molecular formula is C28H45N5O. The van der Waals surface area contributed by atoms with E-state index in [2.05, 4.69) is 54.0 Å². The van der Waals surface area contributed by atoms with Crippen LogP contribution in [0.5, 0.6) is 0 Å². The van der Waals surface area contributed by atoms with E-state index in [-0.39, 0.29) is 18.0 Å². The van der Waals surface area contributed by atoms with Crippen LogP contribution >= 0.6 is 0 Å². The lowest BCUT2D eigenvalue weighted by Crippen LogP contribution is -2.38. The van der Waals surface area contributed by atoms with Crippen molar-refractivity contribution in [2.45, 2.75) is 71.9 Å². The number of nitrogens with one attached hydrogen (secondary N) is 3. The quantitative estimate of drug-likeness (QED) is 0.169. The normalized spacial score (nSPS) is 24.1. The molecule has 5 N–H and O–H groups in total. The van der Waals surface area contributed by atoms with Gasteiger partial charge in [0.2, 0.25) is 5.91 Å². The zero-order valence-corrected chi connectivity index (χ0v) is 21.4. The number of rotatable bonds is 14. The topological polar surface area (TPSA) is 91.5 Å². The predicted octanol–water partition coefficient (Wildman–Crippen LogP) is 4.70. The Morgan fingerprint density at radius 2 is 2.06 bits per heavy atom. The van der Waals surface area contributed by atoms with Crippen molar-refractivity contribution in [1.29, 1.82) is 0 Å². The molecule has 0 aromatic heterocycles. The fraction of sp³-hybridized carbons (Fsp3) is 0.571. The van der Waals surface area contributed by atoms with Gasteiger partial charge >= 0.3 is 0 Å². The number of carbonyl (C=O) groups is 1. The van der Waals surface area contributed by atoms with Crippen LogP contribution in [0.15, 0.2) is 65.6 Å². The van der Waals surface area contributed by atoms with Crippen LogP contribution in [-0.4, -0.2) is 30.9 Å². The standard InChI is InChI=1S/C28H45N5O/c1-6-10-25-26(32-21(5)31-16-15-30-20(4)29)11-9-12-27(25)33-28(34)19-23(8-3)18-24-14-13-22(7-2)17-24/h8-12,20,22-24,30-31H,3,5-7,13-19,29H2,1-2,4H3,(H,33,34)/b25-10+,32-26-. The number of amides is 1. The molecule has 1 amide bonds. The Kier molecular flexibility index (Phi) is 12.1. The summed E-state index contributed by atoms with van der Waals surface area (Å²) in [7, 11) is 0. The molecule has 6 heteroatoms. The molecule has 1 fully saturated rings. The molecule has 0 aliphatic heterocycles. The molecule has 2 aliphatic carbocycles. The lowest BCUT2D eigenvalue weighted by Gasteiger charge is -2.20. The first kappa shape index (κ1) is 27.8. The van der Waals surface area contributed by atoms with E-state index < -0.39 is 0 Å². The van der Waals surface area contributed by atoms with E-state index in [1.54, 1.807) is 0 Å². The molecule has 4 unspecified atom stereocenters. The molecule has 34 heavy (non-hydrogen) atoms. The average Bonchev–Trinajstić information content (AvgIpc) is 3.26. The molecule has 6 nitrogen and oxygen atoms in total. The highest BCUT2D eigenvalue weighted by Gasteiger charge is 2.26. The van der Waals surface area contributed by atoms with Gasteiger partial charge in [-0.05, 0) is 56.1 Å². The van der Waals surface area contributed by atoms with Crippen LogP contribution in [0.2, 0.25) is 0 Å². The maximum Gasteiger partial charge on any atom is 0.224 e. The van der Waals surface area contributed by atoms with Gasteiger partial charge < -0.3 is 21.7 Å². The molecule has 1 saturated carbocycles. The molecule has 0 heterocycles. The third kappa shape index (κ3) is 9.43. The molecule has 0 saturated heterocycles. The van der Waals surface area contributed by atoms with E-state index >= 15 is 0 Å². The first-order valence-corrected chi connectivity index (χ1v) is 12.9. The maximum absolute atomic E-state index is 12.9. The maximum atomic E-state index is 12.9. The van der Waals surface area contributed by atoms with Gasteiger partial charge in [-0.15, -0.1) is 6.58 Å². The molecule has 0 spiro atoms. The molecule has 2 aliphatic rings. The van der Waals surface area contributed by atoms with Crippen molar-refractivity contribution in [3.63, 3.8) is 0 Å². The van der Waals surface area contributed by atoms with Crippen molar-refractivity contribution >= 4 is 11.6 Å². The molecule has 0 aromatic carbocycles. The molecular weight excluding hydrogens is 422 g/mol. The molecule has 2 rings (SSSR count). The van der Waals surface area contributed by atoms with Crippen LogP contribution in [0, 0.1) is 17.8 Å². The second-order valence-electron chi connectivity index (χ2n) is 9.52. The second kappa shape index (κ2) is 14.7. The van der Waals surface area contributed by atoms with E-state index in [0.29, 0.717) is 24.7 Å². The van der Waals surface area contributed by atoms with Crippen molar-refractivity contribution in [3.8, 4) is 0 Å². The van der Waals surface area contributed by atoms with Gasteiger partial charge in [-0.2, -0.15) is 0 Å². The summed E-state index contributed by atoms with van der Waals surface area (Å²) in [5, 5.41) is 9.48. The van der Waals surface area contributed by atoms with Gasteiger partial charge in [0, 0.05) is 30.8 Å². The Hall–Kier alpha value is -2.44. The van der Waals surface area contributed by atoms with Crippen LogP contribution in [0.1, 0.15) is 65.7 Å². The van der Waals surface area contributed by atoms with Gasteiger partial charge in [0.1, 0.15) is 5.82 Å². The largest absolute Gasteiger partial charge is 0.369 e. The average molecular weight is 468 g/mol. The number of hydrogen-bond donors (Lipinski definition) is 4. The van der Waals surface area contributed by atoms with Crippen molar-refractivity contribution in [3.05, 3.63) is 60.6 Å². The Morgan fingerprint density at radius 1 is 1.29 bits per heavy atom. The summed E-state index contributed by atoms with van der Waals surface area (Å²) in [6.07, 6.45) is 17.3. The van der Waals surface area contributed by atoms with Gasteiger partial charge in [-0.25, -0.2) is 4.99 Å². The highest BCUT2D eigenvalue weighted by molar-refractivity contribution is 6.13. The summed E-state index contributed by atoms with van der Waals surface area (Å²) in [6, 6.07) is 0. The SMILES string of the molecule is C=CC(CC(=O)NC1=CC=CC(=N/C(=C)NCCNC(C)N)/C1=C\CC)CC1CCC(CC)C1. The zero-order valence-electron chi connectivity index (χ0n) is 21.4. The molecule has 188 valence electrons. The van der Waals surface area contributed by atoms with E-state index in [1.165, 1.54) is 25.7 Å². The minimum Gasteiger partial charge on any atom is -0.369 e. The van der Waals surface area contributed by atoms with E-state index in [0.717, 1.165) is 42.3 Å². The highest BCUT2D eigenvalue weighted by atomic mass is 16.1. The summed E-state index contributed by atoms with van der Waals surface area (Å²) >= 11 is 0. The third-order valence-electron chi connectivity index (χ3n) is 6.59. The summed E-state index contributed by atoms with van der Waals surface area (Å²) < 4.78 is 0. The van der Waals surface area contributed by atoms with Gasteiger partial charge in [0.15, 0.2) is 0 Å². The lowest BCUT2D eigenvalue weighted by molar-refractivity contribution is -0.121. The Morgan fingerprint density at radius 3 is 2.71 bits per heavy atom. The number of allylic oxidation sites excluding steroid dienone is 6. The van der Waals surface area contributed by atoms with Crippen LogP contribution in [-0.2, 0) is 4.79 Å². The number of aliphatic imine (C=N–C) groups is 1. The number of carbonyl (C=O) groups excluding carboxylic acids is 1. The third-order valence-corrected chi connectivity index (χ3v) is 6.59. The number of nitrogens with two attached hydrogens (primary N) is 1. The monoisotopic (exact) mass is 467 g/mol. The molecule has 0 radical (unpaired) electrons. The van der Waals surface area contributed by atoms with Crippen molar-refractivity contribution in [1.82, 2.24) is 16.0 Å². The summed E-state index contributed by atoms with van der Waals surface area (Å²) in [4.78, 5) is 17.6. The van der Waals surface area contributed by atoms with E-state index in [9.17, 15) is 4.79 Å². The predicted molar refractivity (Wildman–Crippen MR) is 144 cm³/mol. The van der Waals surface area contributed by atoms with Crippen LogP contribution in [0.25, 0.3) is 0 Å². The van der Waals surface area contributed by atoms with Crippen LogP contribution in [0.3, 0.4) is 0 Å². The minimum absolute atomic E-state index is 0.0248. The lowest BCUT2D eigenvalue weighted by atomic mass is 9.89. The minimum atomic E-state index is -0.0508. The smallest absolute Gasteiger partial charge is 0.224 e. The summed E-state index contributed by atoms with van der Waals surface area (Å²) in [6.45, 7) is 15.7. The Bertz CT molecular complexity index is 821. The van der Waals surface area contributed by atoms with Gasteiger partial charge in [0.25, 0.3) is 0 Å². The van der Waals surface area contributed by atoms with Crippen molar-refractivity contribution in [2.75, 3.05) is 13.1 Å². The summed E-state index contributed by atoms with van der Waals surface area (Å²) in [5.41, 5.74) is 8.20. The van der Waals surface area contributed by atoms with Crippen LogP contribution in [0.4, 0.5) is 0 Å². The number of hydrogen-bond acceptors (Lipinski definition) is 5. The Balaban J connectivity index is 1.95. The fourth-order valence-corrected chi connectivity index (χ4v) is 4.76. The summed E-state index contributed by atoms with van der Waals surface area (Å²) in [5.74, 6) is 2.38. The van der Waals surface area contributed by atoms with Gasteiger partial charge in [0.05, 0.1) is 11.9 Å². The van der Waals surface area contributed by atoms with Crippen molar-refractivity contribution in [2.24, 2.45) is 28.5 Å². The molecule has 0 bridgehead atoms. The first-order chi connectivity index (χ1) is 16.4. The molecule has 0 aromatic rings. The van der Waals surface area contributed by atoms with Gasteiger partial charge in [-0.1, -0.05) is 57.9 Å². The van der Waals surface area contributed by atoms with Crippen molar-refractivity contribution < 1.29 is 4.79 Å². The Labute approximate surface area is 206 Å². The van der Waals surface area contributed by atoms with Crippen LogP contribution < -0.4 is 21.7 Å². The molecule has 4 atom stereocenters. The van der Waals surface area contributed by atoms with E-state index in [4.69, 9.17) is 5.73 Å².